The molecule has 0 amide bonds. The lowest BCUT2D eigenvalue weighted by Crippen LogP contribution is -2.32. The summed E-state index contributed by atoms with van der Waals surface area (Å²) in [7, 11) is 0. The van der Waals surface area contributed by atoms with Crippen LogP contribution in [0.5, 0.6) is 0 Å². The maximum atomic E-state index is 8.93. The van der Waals surface area contributed by atoms with Gasteiger partial charge in [0.2, 0.25) is 0 Å². The molecule has 0 aliphatic heterocycles. The Labute approximate surface area is 81.3 Å². The van der Waals surface area contributed by atoms with Gasteiger partial charge < -0.3 is 15.6 Å². The lowest BCUT2D eigenvalue weighted by atomic mass is 9.90. The normalized spacial score (nSPS) is 13.4. The average Bonchev–Trinajstić information content (AvgIpc) is 2.04. The van der Waals surface area contributed by atoms with Crippen LogP contribution in [0.2, 0.25) is 0 Å². The van der Waals surface area contributed by atoms with E-state index in [1.54, 1.807) is 0 Å². The molecule has 13 heavy (non-hydrogen) atoms. The zero-order valence-corrected chi connectivity index (χ0v) is 9.26. The molecule has 3 N–H and O–H groups in total. The van der Waals surface area contributed by atoms with E-state index in [1.165, 1.54) is 0 Å². The Hall–Kier alpha value is -0.120. The molecule has 0 aromatic carbocycles. The van der Waals surface area contributed by atoms with E-state index in [-0.39, 0.29) is 12.0 Å². The molecular weight excluding hydrogens is 166 g/mol. The maximum Gasteiger partial charge on any atom is 0.0856 e. The van der Waals surface area contributed by atoms with E-state index in [2.05, 4.69) is 13.8 Å². The van der Waals surface area contributed by atoms with Crippen LogP contribution >= 0.6 is 0 Å². The SMILES string of the molecule is CC(C)(CN)CCOC(C)(C)CO. The minimum atomic E-state index is -0.426. The van der Waals surface area contributed by atoms with Gasteiger partial charge in [-0.3, -0.25) is 0 Å². The van der Waals surface area contributed by atoms with Gasteiger partial charge >= 0.3 is 0 Å². The Balaban J connectivity index is 3.68. The summed E-state index contributed by atoms with van der Waals surface area (Å²) in [5, 5.41) is 8.93. The molecular formula is C10H23NO2. The topological polar surface area (TPSA) is 55.5 Å². The maximum absolute atomic E-state index is 8.93. The molecule has 0 spiro atoms. The third kappa shape index (κ3) is 6.02. The fourth-order valence-corrected chi connectivity index (χ4v) is 0.751. The van der Waals surface area contributed by atoms with E-state index in [0.29, 0.717) is 13.2 Å². The molecule has 0 aromatic rings. The molecule has 0 saturated heterocycles. The molecule has 0 atom stereocenters. The first-order valence-corrected chi connectivity index (χ1v) is 4.78. The van der Waals surface area contributed by atoms with Crippen LogP contribution in [-0.4, -0.2) is 30.5 Å². The minimum absolute atomic E-state index is 0.0516. The van der Waals surface area contributed by atoms with Gasteiger partial charge in [0.1, 0.15) is 0 Å². The molecule has 0 heterocycles. The number of ether oxygens (including phenoxy) is 1. The molecule has 0 fully saturated rings. The predicted octanol–water partition coefficient (Wildman–Crippen LogP) is 1.15. The molecule has 0 aliphatic rings. The average molecular weight is 189 g/mol. The molecule has 3 nitrogen and oxygen atoms in total. The van der Waals surface area contributed by atoms with Gasteiger partial charge in [0.25, 0.3) is 0 Å². The van der Waals surface area contributed by atoms with Crippen molar-refractivity contribution in [1.82, 2.24) is 0 Å². The van der Waals surface area contributed by atoms with Gasteiger partial charge in [0.15, 0.2) is 0 Å². The molecule has 0 saturated carbocycles. The third-order valence-electron chi connectivity index (χ3n) is 2.21. The van der Waals surface area contributed by atoms with Crippen molar-refractivity contribution in [1.29, 1.82) is 0 Å². The van der Waals surface area contributed by atoms with E-state index < -0.39 is 5.60 Å². The summed E-state index contributed by atoms with van der Waals surface area (Å²) in [6.45, 7) is 9.35. The highest BCUT2D eigenvalue weighted by atomic mass is 16.5. The molecule has 80 valence electrons. The van der Waals surface area contributed by atoms with Gasteiger partial charge in [0.05, 0.1) is 12.2 Å². The second-order valence-corrected chi connectivity index (χ2v) is 4.88. The van der Waals surface area contributed by atoms with E-state index in [0.717, 1.165) is 6.42 Å². The standard InChI is InChI=1S/C10H23NO2/c1-9(2,7-11)5-6-13-10(3,4)8-12/h12H,5-8,11H2,1-4H3. The Morgan fingerprint density at radius 1 is 1.23 bits per heavy atom. The number of hydrogen-bond acceptors (Lipinski definition) is 3. The monoisotopic (exact) mass is 189 g/mol. The highest BCUT2D eigenvalue weighted by Gasteiger charge is 2.20. The quantitative estimate of drug-likeness (QED) is 0.659. The third-order valence-corrected chi connectivity index (χ3v) is 2.21. The summed E-state index contributed by atoms with van der Waals surface area (Å²) in [4.78, 5) is 0. The van der Waals surface area contributed by atoms with Gasteiger partial charge in [-0.15, -0.1) is 0 Å². The van der Waals surface area contributed by atoms with Crippen LogP contribution in [0.25, 0.3) is 0 Å². The Morgan fingerprint density at radius 2 is 1.77 bits per heavy atom. The van der Waals surface area contributed by atoms with Gasteiger partial charge in [0, 0.05) is 6.61 Å². The summed E-state index contributed by atoms with van der Waals surface area (Å²) in [6, 6.07) is 0. The minimum Gasteiger partial charge on any atom is -0.393 e. The van der Waals surface area contributed by atoms with Gasteiger partial charge in [-0.2, -0.15) is 0 Å². The second-order valence-electron chi connectivity index (χ2n) is 4.88. The van der Waals surface area contributed by atoms with Gasteiger partial charge in [-0.05, 0) is 32.2 Å². The van der Waals surface area contributed by atoms with E-state index in [9.17, 15) is 0 Å². The predicted molar refractivity (Wildman–Crippen MR) is 54.6 cm³/mol. The van der Waals surface area contributed by atoms with Crippen molar-refractivity contribution in [2.24, 2.45) is 11.1 Å². The Kier molecular flexibility index (Phi) is 4.89. The van der Waals surface area contributed by atoms with Crippen molar-refractivity contribution in [2.75, 3.05) is 19.8 Å². The largest absolute Gasteiger partial charge is 0.393 e. The summed E-state index contributed by atoms with van der Waals surface area (Å²) in [5.41, 5.74) is 5.29. The van der Waals surface area contributed by atoms with Crippen LogP contribution < -0.4 is 5.73 Å². The summed E-state index contributed by atoms with van der Waals surface area (Å²) in [5.74, 6) is 0. The van der Waals surface area contributed by atoms with Crippen LogP contribution in [-0.2, 0) is 4.74 Å². The van der Waals surface area contributed by atoms with E-state index in [1.807, 2.05) is 13.8 Å². The van der Waals surface area contributed by atoms with Crippen molar-refractivity contribution in [2.45, 2.75) is 39.7 Å². The molecule has 0 radical (unpaired) electrons. The first kappa shape index (κ1) is 12.9. The van der Waals surface area contributed by atoms with Crippen LogP contribution in [0.3, 0.4) is 0 Å². The van der Waals surface area contributed by atoms with Crippen LogP contribution in [0.4, 0.5) is 0 Å². The van der Waals surface area contributed by atoms with Crippen LogP contribution in [0, 0.1) is 5.41 Å². The molecule has 0 aliphatic carbocycles. The fourth-order valence-electron chi connectivity index (χ4n) is 0.751. The van der Waals surface area contributed by atoms with E-state index >= 15 is 0 Å². The molecule has 0 rings (SSSR count). The number of rotatable bonds is 6. The first-order valence-electron chi connectivity index (χ1n) is 4.78. The smallest absolute Gasteiger partial charge is 0.0856 e. The Morgan fingerprint density at radius 3 is 2.15 bits per heavy atom. The molecule has 0 unspecified atom stereocenters. The van der Waals surface area contributed by atoms with Gasteiger partial charge in [-0.25, -0.2) is 0 Å². The van der Waals surface area contributed by atoms with Crippen molar-refractivity contribution < 1.29 is 9.84 Å². The second kappa shape index (κ2) is 4.94. The lowest BCUT2D eigenvalue weighted by Gasteiger charge is -2.27. The number of aliphatic hydroxyl groups is 1. The summed E-state index contributed by atoms with van der Waals surface area (Å²) < 4.78 is 5.51. The van der Waals surface area contributed by atoms with Crippen molar-refractivity contribution in [3.05, 3.63) is 0 Å². The highest BCUT2D eigenvalue weighted by molar-refractivity contribution is 4.71. The molecule has 3 heteroatoms. The van der Waals surface area contributed by atoms with Crippen molar-refractivity contribution in [3.8, 4) is 0 Å². The number of aliphatic hydroxyl groups excluding tert-OH is 1. The zero-order valence-electron chi connectivity index (χ0n) is 9.26. The summed E-state index contributed by atoms with van der Waals surface area (Å²) in [6.07, 6.45) is 0.924. The first-order chi connectivity index (χ1) is 5.83. The Bertz CT molecular complexity index is 128. The highest BCUT2D eigenvalue weighted by Crippen LogP contribution is 2.19. The van der Waals surface area contributed by atoms with Crippen LogP contribution in [0.1, 0.15) is 34.1 Å². The fraction of sp³-hybridized carbons (Fsp3) is 1.00. The van der Waals surface area contributed by atoms with Crippen LogP contribution in [0.15, 0.2) is 0 Å². The lowest BCUT2D eigenvalue weighted by molar-refractivity contribution is -0.0610. The number of hydrogen-bond donors (Lipinski definition) is 2. The number of nitrogens with two attached hydrogens (primary N) is 1. The molecule has 0 aromatic heterocycles. The molecule has 0 bridgehead atoms. The zero-order chi connectivity index (χ0) is 10.5. The van der Waals surface area contributed by atoms with E-state index in [4.69, 9.17) is 15.6 Å². The van der Waals surface area contributed by atoms with Crippen molar-refractivity contribution >= 4 is 0 Å². The van der Waals surface area contributed by atoms with Crippen molar-refractivity contribution in [3.63, 3.8) is 0 Å². The van der Waals surface area contributed by atoms with Gasteiger partial charge in [-0.1, -0.05) is 13.8 Å². The summed E-state index contributed by atoms with van der Waals surface area (Å²) >= 11 is 0.